The minimum absolute atomic E-state index is 0.0746. The molecule has 0 fully saturated rings. The molecule has 0 aliphatic heterocycles. The van der Waals surface area contributed by atoms with Crippen LogP contribution in [-0.2, 0) is 0 Å². The van der Waals surface area contributed by atoms with E-state index in [1.807, 2.05) is 19.9 Å². The van der Waals surface area contributed by atoms with Crippen molar-refractivity contribution >= 4 is 0 Å². The van der Waals surface area contributed by atoms with Gasteiger partial charge in [0.05, 0.1) is 4.92 Å². The number of allylic oxidation sites excluding steroid dienone is 4. The Hall–Kier alpha value is -1.38. The first-order valence-corrected chi connectivity index (χ1v) is 3.64. The number of nitro groups is 1. The molecule has 0 amide bonds. The third kappa shape index (κ3) is 3.14. The van der Waals surface area contributed by atoms with Crippen LogP contribution in [-0.4, -0.2) is 4.92 Å². The number of nitrogens with zero attached hydrogens (tertiary/aromatic N) is 1. The molecule has 0 aromatic rings. The van der Waals surface area contributed by atoms with E-state index in [4.69, 9.17) is 0 Å². The Morgan fingerprint density at radius 3 is 2.25 bits per heavy atom. The summed E-state index contributed by atoms with van der Waals surface area (Å²) in [7, 11) is 0. The van der Waals surface area contributed by atoms with Crippen LogP contribution < -0.4 is 0 Å². The van der Waals surface area contributed by atoms with E-state index >= 15 is 0 Å². The minimum Gasteiger partial charge on any atom is -0.258 e. The van der Waals surface area contributed by atoms with Crippen LogP contribution in [0.3, 0.4) is 0 Å². The van der Waals surface area contributed by atoms with Crippen molar-refractivity contribution in [2.45, 2.75) is 20.8 Å². The van der Waals surface area contributed by atoms with Crippen molar-refractivity contribution in [2.75, 3.05) is 0 Å². The van der Waals surface area contributed by atoms with Crippen molar-refractivity contribution in [3.63, 3.8) is 0 Å². The average Bonchev–Trinajstić information content (AvgIpc) is 1.98. The molecule has 0 saturated carbocycles. The Morgan fingerprint density at radius 2 is 2.00 bits per heavy atom. The second-order valence-corrected chi connectivity index (χ2v) is 2.60. The second kappa shape index (κ2) is 4.49. The van der Waals surface area contributed by atoms with Crippen LogP contribution in [0.1, 0.15) is 20.8 Å². The predicted molar refractivity (Wildman–Crippen MR) is 49.3 cm³/mol. The Kier molecular flexibility index (Phi) is 3.97. The first kappa shape index (κ1) is 10.6. The predicted octanol–water partition coefficient (Wildman–Crippen LogP) is 2.69. The number of rotatable bonds is 3. The van der Waals surface area contributed by atoms with Crippen LogP contribution in [0.4, 0.5) is 0 Å². The van der Waals surface area contributed by atoms with E-state index in [1.165, 1.54) is 6.08 Å². The van der Waals surface area contributed by atoms with Crippen molar-refractivity contribution in [3.8, 4) is 0 Å². The van der Waals surface area contributed by atoms with Gasteiger partial charge in [-0.15, -0.1) is 0 Å². The van der Waals surface area contributed by atoms with Gasteiger partial charge in [0.2, 0.25) is 0 Å². The van der Waals surface area contributed by atoms with Gasteiger partial charge in [0.15, 0.2) is 0 Å². The molecule has 0 bridgehead atoms. The van der Waals surface area contributed by atoms with Gasteiger partial charge in [-0.1, -0.05) is 12.7 Å². The summed E-state index contributed by atoms with van der Waals surface area (Å²) < 4.78 is 0. The van der Waals surface area contributed by atoms with Crippen molar-refractivity contribution in [2.24, 2.45) is 0 Å². The average molecular weight is 167 g/mol. The molecule has 0 heterocycles. The lowest BCUT2D eigenvalue weighted by Gasteiger charge is -1.96. The summed E-state index contributed by atoms with van der Waals surface area (Å²) in [5.41, 5.74) is 1.41. The molecule has 0 N–H and O–H groups in total. The highest BCUT2D eigenvalue weighted by molar-refractivity contribution is 5.28. The zero-order chi connectivity index (χ0) is 9.72. The molecule has 0 atom stereocenters. The highest BCUT2D eigenvalue weighted by Crippen LogP contribution is 2.10. The highest BCUT2D eigenvalue weighted by Gasteiger charge is 2.10. The van der Waals surface area contributed by atoms with E-state index in [1.54, 1.807) is 6.92 Å². The van der Waals surface area contributed by atoms with Crippen LogP contribution in [0, 0.1) is 10.1 Å². The second-order valence-electron chi connectivity index (χ2n) is 2.60. The van der Waals surface area contributed by atoms with E-state index in [-0.39, 0.29) is 5.70 Å². The molecule has 0 saturated heterocycles. The van der Waals surface area contributed by atoms with Gasteiger partial charge in [-0.25, -0.2) is 0 Å². The maximum Gasteiger partial charge on any atom is 0.271 e. The third-order valence-electron chi connectivity index (χ3n) is 1.45. The summed E-state index contributed by atoms with van der Waals surface area (Å²) in [6.07, 6.45) is 3.33. The molecule has 66 valence electrons. The molecule has 0 radical (unpaired) electrons. The lowest BCUT2D eigenvalue weighted by Crippen LogP contribution is -1.99. The Bertz CT molecular complexity index is 246. The van der Waals surface area contributed by atoms with Gasteiger partial charge in [0, 0.05) is 11.6 Å². The van der Waals surface area contributed by atoms with Gasteiger partial charge in [-0.2, -0.15) is 0 Å². The van der Waals surface area contributed by atoms with Crippen molar-refractivity contribution in [3.05, 3.63) is 45.7 Å². The first-order chi connectivity index (χ1) is 5.49. The smallest absolute Gasteiger partial charge is 0.258 e. The summed E-state index contributed by atoms with van der Waals surface area (Å²) in [5.74, 6) is 0. The molecule has 3 heteroatoms. The van der Waals surface area contributed by atoms with Gasteiger partial charge < -0.3 is 0 Å². The molecular weight excluding hydrogens is 154 g/mol. The van der Waals surface area contributed by atoms with Gasteiger partial charge >= 0.3 is 0 Å². The van der Waals surface area contributed by atoms with Crippen LogP contribution in [0.2, 0.25) is 0 Å². The molecule has 0 aromatic heterocycles. The normalized spacial score (nSPS) is 12.9. The third-order valence-corrected chi connectivity index (χ3v) is 1.45. The monoisotopic (exact) mass is 167 g/mol. The fraction of sp³-hybridized carbons (Fsp3) is 0.333. The number of hydrogen-bond donors (Lipinski definition) is 0. The summed E-state index contributed by atoms with van der Waals surface area (Å²) in [6, 6.07) is 0. The van der Waals surface area contributed by atoms with Crippen LogP contribution >= 0.6 is 0 Å². The van der Waals surface area contributed by atoms with Crippen LogP contribution in [0.25, 0.3) is 0 Å². The van der Waals surface area contributed by atoms with E-state index in [0.29, 0.717) is 5.57 Å². The van der Waals surface area contributed by atoms with Crippen molar-refractivity contribution in [1.82, 2.24) is 0 Å². The summed E-state index contributed by atoms with van der Waals surface area (Å²) in [4.78, 5) is 10.0. The maximum absolute atomic E-state index is 10.4. The number of hydrogen-bond acceptors (Lipinski definition) is 2. The van der Waals surface area contributed by atoms with Crippen LogP contribution in [0.5, 0.6) is 0 Å². The molecule has 3 nitrogen and oxygen atoms in total. The molecule has 12 heavy (non-hydrogen) atoms. The summed E-state index contributed by atoms with van der Waals surface area (Å²) in [6.45, 7) is 8.80. The fourth-order valence-electron chi connectivity index (χ4n) is 0.631. The van der Waals surface area contributed by atoms with E-state index in [9.17, 15) is 10.1 Å². The molecule has 0 aliphatic carbocycles. The molecule has 0 rings (SSSR count). The van der Waals surface area contributed by atoms with Crippen LogP contribution in [0.15, 0.2) is 35.6 Å². The Morgan fingerprint density at radius 1 is 1.50 bits per heavy atom. The summed E-state index contributed by atoms with van der Waals surface area (Å²) in [5, 5.41) is 10.4. The van der Waals surface area contributed by atoms with E-state index < -0.39 is 4.92 Å². The molecule has 0 spiro atoms. The zero-order valence-corrected chi connectivity index (χ0v) is 7.63. The van der Waals surface area contributed by atoms with Crippen molar-refractivity contribution < 1.29 is 4.92 Å². The standard InChI is InChI=1S/C9H13NO2/c1-5-8(4)6-9(7(2)3)10(11)12/h5-6H,2H2,1,3-4H3/b8-5-,9-6+. The van der Waals surface area contributed by atoms with Gasteiger partial charge in [0.25, 0.3) is 5.70 Å². The lowest BCUT2D eigenvalue weighted by atomic mass is 10.2. The highest BCUT2D eigenvalue weighted by atomic mass is 16.6. The molecular formula is C9H13NO2. The largest absolute Gasteiger partial charge is 0.271 e. The zero-order valence-electron chi connectivity index (χ0n) is 7.63. The lowest BCUT2D eigenvalue weighted by molar-refractivity contribution is -0.420. The first-order valence-electron chi connectivity index (χ1n) is 3.64. The summed E-state index contributed by atoms with van der Waals surface area (Å²) >= 11 is 0. The van der Waals surface area contributed by atoms with E-state index in [0.717, 1.165) is 5.57 Å². The van der Waals surface area contributed by atoms with Gasteiger partial charge in [-0.3, -0.25) is 10.1 Å². The Balaban J connectivity index is 4.87. The SMILES string of the molecule is C=C(C)/C(=C\C(C)=C/C)[N+](=O)[O-]. The van der Waals surface area contributed by atoms with Gasteiger partial charge in [0.1, 0.15) is 0 Å². The van der Waals surface area contributed by atoms with E-state index in [2.05, 4.69) is 6.58 Å². The molecule has 0 unspecified atom stereocenters. The van der Waals surface area contributed by atoms with Crippen molar-refractivity contribution in [1.29, 1.82) is 0 Å². The quantitative estimate of drug-likeness (QED) is 0.368. The maximum atomic E-state index is 10.4. The topological polar surface area (TPSA) is 43.1 Å². The Labute approximate surface area is 72.2 Å². The fourth-order valence-corrected chi connectivity index (χ4v) is 0.631. The molecule has 0 aliphatic rings. The molecule has 0 aromatic carbocycles. The minimum atomic E-state index is -0.421. The van der Waals surface area contributed by atoms with Gasteiger partial charge in [-0.05, 0) is 26.3 Å².